The molecule has 0 aliphatic carbocycles. The van der Waals surface area contributed by atoms with E-state index in [2.05, 4.69) is 11.1 Å². The highest BCUT2D eigenvalue weighted by Gasteiger charge is 2.53. The largest absolute Gasteiger partial charge is 0.497 e. The number of aromatic nitrogens is 1. The lowest BCUT2D eigenvalue weighted by molar-refractivity contribution is -0.120. The fraction of sp³-hybridized carbons (Fsp3) is 0.214. The molecule has 3 aliphatic heterocycles. The van der Waals surface area contributed by atoms with Crippen molar-refractivity contribution in [3.63, 3.8) is 0 Å². The van der Waals surface area contributed by atoms with Gasteiger partial charge in [0.2, 0.25) is 0 Å². The Bertz CT molecular complexity index is 1530. The number of amides is 3. The van der Waals surface area contributed by atoms with E-state index in [9.17, 15) is 9.59 Å². The molecule has 0 saturated carbocycles. The van der Waals surface area contributed by atoms with E-state index in [1.807, 2.05) is 42.5 Å². The number of para-hydroxylation sites is 1. The van der Waals surface area contributed by atoms with Crippen LogP contribution in [-0.4, -0.2) is 48.2 Å². The summed E-state index contributed by atoms with van der Waals surface area (Å²) in [4.78, 5) is 34.3. The summed E-state index contributed by atoms with van der Waals surface area (Å²) in [6.45, 7) is 0.896. The molecule has 2 atom stereocenters. The van der Waals surface area contributed by atoms with Crippen molar-refractivity contribution in [1.29, 1.82) is 0 Å². The summed E-state index contributed by atoms with van der Waals surface area (Å²) in [5, 5.41) is 1.07. The minimum absolute atomic E-state index is 0.244. The highest BCUT2D eigenvalue weighted by Crippen LogP contribution is 2.46. The second-order valence-corrected chi connectivity index (χ2v) is 9.15. The van der Waals surface area contributed by atoms with E-state index < -0.39 is 12.1 Å². The first-order valence-electron chi connectivity index (χ1n) is 11.9. The molecule has 1 unspecified atom stereocenters. The number of ether oxygens (including phenoxy) is 3. The first-order chi connectivity index (χ1) is 17.6. The second kappa shape index (κ2) is 7.78. The van der Waals surface area contributed by atoms with Crippen LogP contribution in [0.2, 0.25) is 0 Å². The van der Waals surface area contributed by atoms with Gasteiger partial charge in [-0.2, -0.15) is 0 Å². The molecule has 1 saturated heterocycles. The van der Waals surface area contributed by atoms with Gasteiger partial charge < -0.3 is 19.2 Å². The summed E-state index contributed by atoms with van der Waals surface area (Å²) in [5.74, 6) is 1.63. The van der Waals surface area contributed by atoms with Crippen LogP contribution < -0.4 is 19.1 Å². The zero-order chi connectivity index (χ0) is 24.4. The number of hydrogen-bond donors (Lipinski definition) is 1. The summed E-state index contributed by atoms with van der Waals surface area (Å²) >= 11 is 0. The number of nitrogens with one attached hydrogen (secondary N) is 1. The molecule has 7 rings (SSSR count). The van der Waals surface area contributed by atoms with Gasteiger partial charge in [-0.3, -0.25) is 9.69 Å². The molecule has 4 heterocycles. The third-order valence-electron chi connectivity index (χ3n) is 7.26. The minimum Gasteiger partial charge on any atom is -0.497 e. The average molecular weight is 482 g/mol. The molecule has 36 heavy (non-hydrogen) atoms. The Morgan fingerprint density at radius 2 is 1.72 bits per heavy atom. The van der Waals surface area contributed by atoms with E-state index >= 15 is 0 Å². The van der Waals surface area contributed by atoms with Crippen LogP contribution in [0, 0.1) is 0 Å². The smallest absolute Gasteiger partial charge is 0.332 e. The Balaban J connectivity index is 1.37. The molecule has 4 aromatic rings. The lowest BCUT2D eigenvalue weighted by atomic mass is 9.89. The topological polar surface area (TPSA) is 84.1 Å². The molecule has 3 aliphatic rings. The molecule has 8 nitrogen and oxygen atoms in total. The van der Waals surface area contributed by atoms with Crippen molar-refractivity contribution in [1.82, 2.24) is 9.88 Å². The maximum atomic E-state index is 14.0. The van der Waals surface area contributed by atoms with Crippen molar-refractivity contribution >= 4 is 28.5 Å². The molecule has 0 spiro atoms. The van der Waals surface area contributed by atoms with Crippen molar-refractivity contribution in [2.45, 2.75) is 18.5 Å². The maximum absolute atomic E-state index is 14.0. The number of benzene rings is 3. The first kappa shape index (κ1) is 20.9. The zero-order valence-corrected chi connectivity index (χ0v) is 19.6. The summed E-state index contributed by atoms with van der Waals surface area (Å²) in [6, 6.07) is 19.5. The fourth-order valence-electron chi connectivity index (χ4n) is 5.62. The molecule has 3 aromatic carbocycles. The van der Waals surface area contributed by atoms with Crippen molar-refractivity contribution in [3.05, 3.63) is 83.6 Å². The quantitative estimate of drug-likeness (QED) is 0.438. The third-order valence-corrected chi connectivity index (χ3v) is 7.26. The van der Waals surface area contributed by atoms with E-state index in [1.54, 1.807) is 30.2 Å². The Hall–Kier alpha value is -4.46. The molecule has 1 fully saturated rings. The van der Waals surface area contributed by atoms with Crippen LogP contribution in [-0.2, 0) is 11.2 Å². The lowest BCUT2D eigenvalue weighted by Gasteiger charge is -2.36. The monoisotopic (exact) mass is 481 g/mol. The van der Waals surface area contributed by atoms with E-state index in [-0.39, 0.29) is 11.9 Å². The number of anilines is 1. The van der Waals surface area contributed by atoms with Crippen molar-refractivity contribution in [2.24, 2.45) is 0 Å². The molecule has 0 bridgehead atoms. The average Bonchev–Trinajstić information content (AvgIpc) is 3.41. The number of H-pyrrole nitrogens is 1. The van der Waals surface area contributed by atoms with Crippen molar-refractivity contribution in [2.75, 3.05) is 25.2 Å². The van der Waals surface area contributed by atoms with Gasteiger partial charge in [0.25, 0.3) is 5.91 Å². The summed E-state index contributed by atoms with van der Waals surface area (Å²) in [6.07, 6.45) is 0.442. The summed E-state index contributed by atoms with van der Waals surface area (Å²) in [7, 11) is 1.62. The summed E-state index contributed by atoms with van der Waals surface area (Å²) in [5.41, 5.74) is 4.37. The summed E-state index contributed by atoms with van der Waals surface area (Å²) < 4.78 is 16.7. The van der Waals surface area contributed by atoms with Crippen molar-refractivity contribution < 1.29 is 23.8 Å². The molecule has 8 heteroatoms. The van der Waals surface area contributed by atoms with Gasteiger partial charge >= 0.3 is 6.03 Å². The number of imide groups is 1. The van der Waals surface area contributed by atoms with E-state index in [0.717, 1.165) is 33.5 Å². The van der Waals surface area contributed by atoms with E-state index in [0.29, 0.717) is 36.8 Å². The number of rotatable bonds is 3. The molecule has 3 amide bonds. The third kappa shape index (κ3) is 2.94. The Morgan fingerprint density at radius 1 is 0.944 bits per heavy atom. The number of fused-ring (bicyclic) bond motifs is 5. The Labute approximate surface area is 207 Å². The number of hydrogen-bond acceptors (Lipinski definition) is 5. The number of urea groups is 1. The van der Waals surface area contributed by atoms with Crippen LogP contribution in [0.1, 0.15) is 22.9 Å². The van der Waals surface area contributed by atoms with Crippen LogP contribution in [0.4, 0.5) is 10.5 Å². The van der Waals surface area contributed by atoms with Gasteiger partial charge in [0.1, 0.15) is 31.0 Å². The lowest BCUT2D eigenvalue weighted by Crippen LogP contribution is -2.44. The van der Waals surface area contributed by atoms with Gasteiger partial charge in [-0.05, 0) is 41.5 Å². The SMILES string of the molecule is COc1ccc(C2c3[nH]c4ccccc4c3C[C@@H]3C(=O)N(c4ccc5c(c4)OCCO5)C(=O)N23)cc1. The van der Waals surface area contributed by atoms with Crippen LogP contribution in [0.25, 0.3) is 10.9 Å². The van der Waals surface area contributed by atoms with Gasteiger partial charge in [-0.15, -0.1) is 0 Å². The predicted molar refractivity (Wildman–Crippen MR) is 133 cm³/mol. The molecular weight excluding hydrogens is 458 g/mol. The van der Waals surface area contributed by atoms with Gasteiger partial charge in [0.05, 0.1) is 12.8 Å². The van der Waals surface area contributed by atoms with E-state index in [4.69, 9.17) is 14.2 Å². The normalized spacial score (nSPS) is 20.5. The zero-order valence-electron chi connectivity index (χ0n) is 19.6. The predicted octanol–water partition coefficient (Wildman–Crippen LogP) is 4.43. The maximum Gasteiger partial charge on any atom is 0.332 e. The Morgan fingerprint density at radius 3 is 2.53 bits per heavy atom. The van der Waals surface area contributed by atoms with Gasteiger partial charge in [0.15, 0.2) is 11.5 Å². The molecule has 1 aromatic heterocycles. The minimum atomic E-state index is -0.621. The van der Waals surface area contributed by atoms with Crippen LogP contribution in [0.3, 0.4) is 0 Å². The van der Waals surface area contributed by atoms with Crippen LogP contribution >= 0.6 is 0 Å². The molecule has 0 radical (unpaired) electrons. The number of aromatic amines is 1. The molecular formula is C28H23N3O5. The molecule has 180 valence electrons. The molecule has 1 N–H and O–H groups in total. The fourth-order valence-corrected chi connectivity index (χ4v) is 5.62. The highest BCUT2D eigenvalue weighted by atomic mass is 16.6. The van der Waals surface area contributed by atoms with Gasteiger partial charge in [-0.25, -0.2) is 9.69 Å². The second-order valence-electron chi connectivity index (χ2n) is 9.15. The van der Waals surface area contributed by atoms with E-state index in [1.165, 1.54) is 4.90 Å². The van der Waals surface area contributed by atoms with Gasteiger partial charge in [0, 0.05) is 29.1 Å². The van der Waals surface area contributed by atoms with Gasteiger partial charge in [-0.1, -0.05) is 30.3 Å². The number of carbonyl (C=O) groups excluding carboxylic acids is 2. The van der Waals surface area contributed by atoms with Crippen molar-refractivity contribution in [3.8, 4) is 17.2 Å². The standard InChI is InChI=1S/C28H23N3O5/c1-34-18-9-6-16(7-10-18)26-25-20(19-4-2-3-5-21(19)29-25)15-22-27(32)30(28(33)31(22)26)17-8-11-23-24(14-17)36-13-12-35-23/h2-11,14,22,26,29H,12-13,15H2,1H3/t22-,26?/m1/s1. The van der Waals surface area contributed by atoms with Crippen LogP contribution in [0.5, 0.6) is 17.2 Å². The Kier molecular flexibility index (Phi) is 4.51. The number of nitrogens with zero attached hydrogens (tertiary/aromatic N) is 2. The number of methoxy groups -OCH3 is 1. The number of carbonyl (C=O) groups is 2. The first-order valence-corrected chi connectivity index (χ1v) is 11.9. The van der Waals surface area contributed by atoms with Crippen LogP contribution in [0.15, 0.2) is 66.7 Å². The highest BCUT2D eigenvalue weighted by molar-refractivity contribution is 6.22.